The van der Waals surface area contributed by atoms with Gasteiger partial charge in [0.05, 0.1) is 24.0 Å². The standard InChI is InChI=1S/C10H16O3/c1-9(5-11)7-2-3-10(4-7,6-12)8(9)13/h7,11-12H,2-6H2,1H3/t7-,9-,10+/m1/s1. The van der Waals surface area contributed by atoms with E-state index in [1.54, 1.807) is 0 Å². The van der Waals surface area contributed by atoms with Gasteiger partial charge in [-0.25, -0.2) is 0 Å². The molecule has 3 heteroatoms. The Morgan fingerprint density at radius 3 is 2.54 bits per heavy atom. The van der Waals surface area contributed by atoms with Crippen molar-refractivity contribution in [2.24, 2.45) is 16.7 Å². The van der Waals surface area contributed by atoms with Gasteiger partial charge in [-0.1, -0.05) is 6.92 Å². The van der Waals surface area contributed by atoms with Crippen LogP contribution in [0.4, 0.5) is 0 Å². The molecule has 2 N–H and O–H groups in total. The number of hydrogen-bond donors (Lipinski definition) is 2. The molecule has 2 rings (SSSR count). The minimum atomic E-state index is -0.568. The molecule has 2 bridgehead atoms. The van der Waals surface area contributed by atoms with Crippen LogP contribution in [0.1, 0.15) is 26.2 Å². The number of carbonyl (C=O) groups excluding carboxylic acids is 1. The molecule has 0 unspecified atom stereocenters. The number of rotatable bonds is 2. The Labute approximate surface area is 77.8 Å². The number of aliphatic hydroxyl groups is 2. The first-order valence-corrected chi connectivity index (χ1v) is 4.86. The lowest BCUT2D eigenvalue weighted by Crippen LogP contribution is -2.43. The van der Waals surface area contributed by atoms with Crippen molar-refractivity contribution in [3.05, 3.63) is 0 Å². The summed E-state index contributed by atoms with van der Waals surface area (Å²) in [5.41, 5.74) is -1.07. The zero-order valence-electron chi connectivity index (χ0n) is 7.92. The van der Waals surface area contributed by atoms with E-state index < -0.39 is 10.8 Å². The van der Waals surface area contributed by atoms with Crippen LogP contribution in [0.5, 0.6) is 0 Å². The van der Waals surface area contributed by atoms with E-state index in [4.69, 9.17) is 0 Å². The Morgan fingerprint density at radius 1 is 1.46 bits per heavy atom. The molecule has 74 valence electrons. The van der Waals surface area contributed by atoms with Crippen molar-refractivity contribution in [3.8, 4) is 0 Å². The van der Waals surface area contributed by atoms with Crippen molar-refractivity contribution in [2.75, 3.05) is 13.2 Å². The van der Waals surface area contributed by atoms with E-state index in [0.29, 0.717) is 0 Å². The molecular formula is C10H16O3. The summed E-state index contributed by atoms with van der Waals surface area (Å²) in [4.78, 5) is 12.0. The molecule has 0 amide bonds. The molecule has 3 nitrogen and oxygen atoms in total. The summed E-state index contributed by atoms with van der Waals surface area (Å²) in [5, 5.41) is 18.5. The Balaban J connectivity index is 2.36. The summed E-state index contributed by atoms with van der Waals surface area (Å²) in [6.07, 6.45) is 2.56. The summed E-state index contributed by atoms with van der Waals surface area (Å²) in [6.45, 7) is 1.72. The molecule has 2 aliphatic rings. The van der Waals surface area contributed by atoms with Gasteiger partial charge in [-0.15, -0.1) is 0 Å². The second-order valence-electron chi connectivity index (χ2n) is 4.78. The quantitative estimate of drug-likeness (QED) is 0.651. The molecule has 0 radical (unpaired) electrons. The smallest absolute Gasteiger partial charge is 0.149 e. The predicted octanol–water partition coefficient (Wildman–Crippen LogP) is 0.346. The lowest BCUT2D eigenvalue weighted by molar-refractivity contribution is -0.140. The molecule has 13 heavy (non-hydrogen) atoms. The first-order valence-electron chi connectivity index (χ1n) is 4.86. The number of aliphatic hydroxyl groups excluding tert-OH is 2. The van der Waals surface area contributed by atoms with Crippen LogP contribution in [0.25, 0.3) is 0 Å². The van der Waals surface area contributed by atoms with E-state index in [1.807, 2.05) is 6.92 Å². The fourth-order valence-corrected chi connectivity index (χ4v) is 3.08. The average Bonchev–Trinajstić information content (AvgIpc) is 2.67. The van der Waals surface area contributed by atoms with Crippen molar-refractivity contribution in [1.29, 1.82) is 0 Å². The zero-order chi connectivity index (χ0) is 9.69. The van der Waals surface area contributed by atoms with E-state index in [9.17, 15) is 15.0 Å². The molecular weight excluding hydrogens is 168 g/mol. The highest BCUT2D eigenvalue weighted by Crippen LogP contribution is 2.59. The van der Waals surface area contributed by atoms with Gasteiger partial charge < -0.3 is 10.2 Å². The van der Waals surface area contributed by atoms with Crippen LogP contribution in [-0.2, 0) is 4.79 Å². The molecule has 0 saturated heterocycles. The maximum atomic E-state index is 12.0. The highest BCUT2D eigenvalue weighted by Gasteiger charge is 2.62. The number of ketones is 1. The largest absolute Gasteiger partial charge is 0.395 e. The topological polar surface area (TPSA) is 57.5 Å². The Hall–Kier alpha value is -0.410. The van der Waals surface area contributed by atoms with Crippen molar-refractivity contribution in [3.63, 3.8) is 0 Å². The highest BCUT2D eigenvalue weighted by atomic mass is 16.3. The van der Waals surface area contributed by atoms with Crippen LogP contribution in [0.2, 0.25) is 0 Å². The van der Waals surface area contributed by atoms with Gasteiger partial charge in [-0.3, -0.25) is 4.79 Å². The summed E-state index contributed by atoms with van der Waals surface area (Å²) in [6, 6.07) is 0. The van der Waals surface area contributed by atoms with E-state index in [2.05, 4.69) is 0 Å². The number of hydrogen-bond acceptors (Lipinski definition) is 3. The van der Waals surface area contributed by atoms with Gasteiger partial charge in [0.1, 0.15) is 5.78 Å². The van der Waals surface area contributed by atoms with Gasteiger partial charge in [-0.2, -0.15) is 0 Å². The molecule has 2 aliphatic carbocycles. The first-order chi connectivity index (χ1) is 6.09. The lowest BCUT2D eigenvalue weighted by atomic mass is 9.70. The highest BCUT2D eigenvalue weighted by molar-refractivity contribution is 5.93. The summed E-state index contributed by atoms with van der Waals surface area (Å²) < 4.78 is 0. The van der Waals surface area contributed by atoms with Crippen molar-refractivity contribution >= 4 is 5.78 Å². The monoisotopic (exact) mass is 184 g/mol. The van der Waals surface area contributed by atoms with Crippen LogP contribution in [0.3, 0.4) is 0 Å². The maximum absolute atomic E-state index is 12.0. The van der Waals surface area contributed by atoms with Crippen LogP contribution in [-0.4, -0.2) is 29.2 Å². The Morgan fingerprint density at radius 2 is 2.15 bits per heavy atom. The minimum Gasteiger partial charge on any atom is -0.395 e. The molecule has 2 saturated carbocycles. The summed E-state index contributed by atoms with van der Waals surface area (Å²) in [5.74, 6) is 0.374. The predicted molar refractivity (Wildman–Crippen MR) is 47.1 cm³/mol. The molecule has 0 aromatic heterocycles. The second kappa shape index (κ2) is 2.55. The van der Waals surface area contributed by atoms with E-state index >= 15 is 0 Å². The number of Topliss-reactive ketones (excluding diaryl/α,β-unsaturated/α-hetero) is 1. The fourth-order valence-electron chi connectivity index (χ4n) is 3.08. The molecule has 0 aliphatic heterocycles. The number of carbonyl (C=O) groups is 1. The first kappa shape index (κ1) is 9.16. The third-order valence-corrected chi connectivity index (χ3v) is 4.14. The summed E-state index contributed by atoms with van der Waals surface area (Å²) in [7, 11) is 0. The van der Waals surface area contributed by atoms with E-state index in [-0.39, 0.29) is 24.9 Å². The minimum absolute atomic E-state index is 0.0437. The zero-order valence-corrected chi connectivity index (χ0v) is 7.92. The third kappa shape index (κ3) is 0.891. The van der Waals surface area contributed by atoms with Gasteiger partial charge in [0.15, 0.2) is 0 Å². The van der Waals surface area contributed by atoms with Crippen molar-refractivity contribution in [1.82, 2.24) is 0 Å². The fraction of sp³-hybridized carbons (Fsp3) is 0.900. The van der Waals surface area contributed by atoms with Crippen molar-refractivity contribution in [2.45, 2.75) is 26.2 Å². The molecule has 0 spiro atoms. The van der Waals surface area contributed by atoms with Gasteiger partial charge in [0.25, 0.3) is 0 Å². The molecule has 2 fully saturated rings. The third-order valence-electron chi connectivity index (χ3n) is 4.14. The summed E-state index contributed by atoms with van der Waals surface area (Å²) >= 11 is 0. The second-order valence-corrected chi connectivity index (χ2v) is 4.78. The Kier molecular flexibility index (Phi) is 1.79. The Bertz CT molecular complexity index is 243. The molecule has 0 heterocycles. The molecule has 0 aromatic rings. The van der Waals surface area contributed by atoms with Crippen LogP contribution in [0, 0.1) is 16.7 Å². The van der Waals surface area contributed by atoms with Crippen LogP contribution in [0.15, 0.2) is 0 Å². The van der Waals surface area contributed by atoms with Gasteiger partial charge in [-0.05, 0) is 25.2 Å². The van der Waals surface area contributed by atoms with Gasteiger partial charge in [0, 0.05) is 0 Å². The van der Waals surface area contributed by atoms with Gasteiger partial charge >= 0.3 is 0 Å². The van der Waals surface area contributed by atoms with Crippen LogP contribution >= 0.6 is 0 Å². The van der Waals surface area contributed by atoms with Crippen LogP contribution < -0.4 is 0 Å². The maximum Gasteiger partial charge on any atom is 0.149 e. The number of fused-ring (bicyclic) bond motifs is 2. The molecule has 3 atom stereocenters. The normalized spacial score (nSPS) is 48.8. The average molecular weight is 184 g/mol. The SMILES string of the molecule is C[C@]1(CO)C(=O)[C@@]2(CO)CC[C@@H]1C2. The van der Waals surface area contributed by atoms with E-state index in [1.165, 1.54) is 0 Å². The lowest BCUT2D eigenvalue weighted by Gasteiger charge is -2.33. The van der Waals surface area contributed by atoms with E-state index in [0.717, 1.165) is 19.3 Å². The van der Waals surface area contributed by atoms with Gasteiger partial charge in [0.2, 0.25) is 0 Å². The molecule has 0 aromatic carbocycles. The van der Waals surface area contributed by atoms with Crippen molar-refractivity contribution < 1.29 is 15.0 Å².